The summed E-state index contributed by atoms with van der Waals surface area (Å²) in [6.07, 6.45) is -5.36. The van der Waals surface area contributed by atoms with Gasteiger partial charge in [-0.3, -0.25) is 4.79 Å². The van der Waals surface area contributed by atoms with Gasteiger partial charge in [0, 0.05) is 16.8 Å². The van der Waals surface area contributed by atoms with Gasteiger partial charge in [0.25, 0.3) is 15.9 Å². The molecule has 37 heavy (non-hydrogen) atoms. The lowest BCUT2D eigenvalue weighted by Gasteiger charge is -2.35. The summed E-state index contributed by atoms with van der Waals surface area (Å²) in [5.74, 6) is -3.11. The first kappa shape index (κ1) is 27.5. The van der Waals surface area contributed by atoms with Crippen LogP contribution in [0, 0.1) is 13.8 Å². The smallest absolute Gasteiger partial charge is 0.441 e. The van der Waals surface area contributed by atoms with Crippen LogP contribution in [0.3, 0.4) is 0 Å². The Morgan fingerprint density at radius 2 is 1.65 bits per heavy atom. The topological polar surface area (TPSA) is 140 Å². The zero-order chi connectivity index (χ0) is 27.4. The maximum absolute atomic E-state index is 14.4. The van der Waals surface area contributed by atoms with Gasteiger partial charge in [-0.05, 0) is 57.2 Å². The van der Waals surface area contributed by atoms with Gasteiger partial charge in [-0.25, -0.2) is 17.9 Å². The van der Waals surface area contributed by atoms with Crippen molar-refractivity contribution in [1.82, 2.24) is 10.5 Å². The van der Waals surface area contributed by atoms with Crippen molar-refractivity contribution in [2.45, 2.75) is 37.5 Å². The Bertz CT molecular complexity index is 1380. The first-order valence-corrected chi connectivity index (χ1v) is 12.2. The Balaban J connectivity index is 1.94. The Labute approximate surface area is 210 Å². The van der Waals surface area contributed by atoms with Gasteiger partial charge >= 0.3 is 17.8 Å². The summed E-state index contributed by atoms with van der Waals surface area (Å²) in [6, 6.07) is 11.0. The standard InChI is InChI=1S/C23H23F3N4O6S/c1-4-35-21(32)22(23(24,25)26,28-19(31)16-8-6-5-7-9-16)27-17-10-12-18(13-11-17)37(33,34)30-20-14(2)15(3)29-36-20/h5-13,27,30H,4H2,1-3H3,(H,28,31). The normalized spacial score (nSPS) is 13.4. The number of benzene rings is 2. The van der Waals surface area contributed by atoms with E-state index < -0.39 is 40.3 Å². The lowest BCUT2D eigenvalue weighted by molar-refractivity contribution is -0.204. The van der Waals surface area contributed by atoms with Crippen LogP contribution >= 0.6 is 0 Å². The summed E-state index contributed by atoms with van der Waals surface area (Å²) in [6.45, 7) is 4.11. The second-order valence-corrected chi connectivity index (χ2v) is 9.45. The molecule has 0 saturated heterocycles. The number of esters is 1. The van der Waals surface area contributed by atoms with Gasteiger partial charge in [0.2, 0.25) is 5.88 Å². The fourth-order valence-electron chi connectivity index (χ4n) is 3.09. The van der Waals surface area contributed by atoms with E-state index >= 15 is 0 Å². The summed E-state index contributed by atoms with van der Waals surface area (Å²) in [4.78, 5) is 24.9. The molecule has 0 fully saturated rings. The van der Waals surface area contributed by atoms with Crippen LogP contribution < -0.4 is 15.4 Å². The van der Waals surface area contributed by atoms with E-state index in [1.165, 1.54) is 31.2 Å². The number of halogens is 3. The van der Waals surface area contributed by atoms with Crippen molar-refractivity contribution in [3.8, 4) is 0 Å². The SMILES string of the molecule is CCOC(=O)C(NC(=O)c1ccccc1)(Nc1ccc(S(=O)(=O)Nc2onc(C)c2C)cc1)C(F)(F)F. The largest absolute Gasteiger partial charge is 0.463 e. The summed E-state index contributed by atoms with van der Waals surface area (Å²) in [5.41, 5.74) is -3.21. The fraction of sp³-hybridized carbons (Fsp3) is 0.261. The zero-order valence-electron chi connectivity index (χ0n) is 19.8. The summed E-state index contributed by atoms with van der Waals surface area (Å²) in [5, 5.41) is 7.34. The molecule has 14 heteroatoms. The molecule has 0 bridgehead atoms. The first-order chi connectivity index (χ1) is 17.3. The van der Waals surface area contributed by atoms with Crippen LogP contribution in [-0.2, 0) is 19.6 Å². The van der Waals surface area contributed by atoms with Gasteiger partial charge in [-0.1, -0.05) is 23.4 Å². The molecule has 1 heterocycles. The van der Waals surface area contributed by atoms with Crippen molar-refractivity contribution < 1.29 is 40.4 Å². The fourth-order valence-corrected chi connectivity index (χ4v) is 4.13. The van der Waals surface area contributed by atoms with Crippen LogP contribution in [0.2, 0.25) is 0 Å². The highest BCUT2D eigenvalue weighted by atomic mass is 32.2. The number of alkyl halides is 3. The van der Waals surface area contributed by atoms with Crippen LogP contribution in [0.15, 0.2) is 64.0 Å². The molecule has 0 aliphatic carbocycles. The number of anilines is 2. The van der Waals surface area contributed by atoms with E-state index in [1.54, 1.807) is 25.2 Å². The van der Waals surface area contributed by atoms with E-state index in [1.807, 2.05) is 5.32 Å². The monoisotopic (exact) mass is 540 g/mol. The molecule has 3 N–H and O–H groups in total. The van der Waals surface area contributed by atoms with Crippen molar-refractivity contribution in [2.24, 2.45) is 0 Å². The van der Waals surface area contributed by atoms with E-state index in [2.05, 4.69) is 14.6 Å². The molecule has 0 aliphatic rings. The first-order valence-electron chi connectivity index (χ1n) is 10.8. The maximum atomic E-state index is 14.4. The van der Waals surface area contributed by atoms with E-state index in [0.29, 0.717) is 11.3 Å². The van der Waals surface area contributed by atoms with Gasteiger partial charge in [0.1, 0.15) is 0 Å². The second-order valence-electron chi connectivity index (χ2n) is 7.77. The summed E-state index contributed by atoms with van der Waals surface area (Å²) in [7, 11) is -4.19. The molecule has 1 amide bonds. The molecular formula is C23H23F3N4O6S. The zero-order valence-corrected chi connectivity index (χ0v) is 20.7. The van der Waals surface area contributed by atoms with Gasteiger partial charge in [-0.2, -0.15) is 13.2 Å². The minimum Gasteiger partial charge on any atom is -0.463 e. The quantitative estimate of drug-likeness (QED) is 0.275. The molecule has 3 aromatic rings. The van der Waals surface area contributed by atoms with Crippen LogP contribution in [0.1, 0.15) is 28.5 Å². The van der Waals surface area contributed by atoms with Crippen LogP contribution in [-0.4, -0.2) is 43.9 Å². The van der Waals surface area contributed by atoms with Crippen molar-refractivity contribution in [2.75, 3.05) is 16.6 Å². The van der Waals surface area contributed by atoms with E-state index in [-0.39, 0.29) is 22.0 Å². The number of carbonyl (C=O) groups excluding carboxylic acids is 2. The molecule has 1 aromatic heterocycles. The van der Waals surface area contributed by atoms with E-state index in [4.69, 9.17) is 4.52 Å². The molecular weight excluding hydrogens is 517 g/mol. The summed E-state index contributed by atoms with van der Waals surface area (Å²) < 4.78 is 80.2. The third kappa shape index (κ3) is 5.85. The molecule has 0 spiro atoms. The number of ether oxygens (including phenoxy) is 1. The second kappa shape index (κ2) is 10.5. The Morgan fingerprint density at radius 3 is 2.16 bits per heavy atom. The molecule has 2 aromatic carbocycles. The number of sulfonamides is 1. The number of carbonyl (C=O) groups is 2. The highest BCUT2D eigenvalue weighted by Crippen LogP contribution is 2.34. The Kier molecular flexibility index (Phi) is 7.81. The lowest BCUT2D eigenvalue weighted by Crippen LogP contribution is -2.69. The van der Waals surface area contributed by atoms with Gasteiger partial charge in [0.05, 0.1) is 17.2 Å². The summed E-state index contributed by atoms with van der Waals surface area (Å²) >= 11 is 0. The molecule has 0 radical (unpaired) electrons. The van der Waals surface area contributed by atoms with Gasteiger partial charge < -0.3 is 19.9 Å². The number of nitrogens with zero attached hydrogens (tertiary/aromatic N) is 1. The minimum atomic E-state index is -5.36. The number of hydrogen-bond acceptors (Lipinski definition) is 8. The van der Waals surface area contributed by atoms with Crippen molar-refractivity contribution in [3.63, 3.8) is 0 Å². The van der Waals surface area contributed by atoms with Crippen molar-refractivity contribution >= 4 is 33.5 Å². The average molecular weight is 541 g/mol. The molecule has 198 valence electrons. The van der Waals surface area contributed by atoms with Crippen LogP contribution in [0.5, 0.6) is 0 Å². The number of amides is 1. The molecule has 1 atom stereocenters. The molecule has 0 aliphatic heterocycles. The van der Waals surface area contributed by atoms with Crippen molar-refractivity contribution in [1.29, 1.82) is 0 Å². The Morgan fingerprint density at radius 1 is 1.03 bits per heavy atom. The molecule has 1 unspecified atom stereocenters. The Hall–Kier alpha value is -4.07. The number of aryl methyl sites for hydroxylation is 1. The average Bonchev–Trinajstić information content (AvgIpc) is 3.15. The number of nitrogens with one attached hydrogen (secondary N) is 3. The van der Waals surface area contributed by atoms with Crippen LogP contribution in [0.4, 0.5) is 24.7 Å². The molecule has 3 rings (SSSR count). The van der Waals surface area contributed by atoms with Crippen molar-refractivity contribution in [3.05, 3.63) is 71.4 Å². The molecule has 10 nitrogen and oxygen atoms in total. The number of hydrogen-bond donors (Lipinski definition) is 3. The third-order valence-corrected chi connectivity index (χ3v) is 6.57. The third-order valence-electron chi connectivity index (χ3n) is 5.22. The molecule has 0 saturated carbocycles. The van der Waals surface area contributed by atoms with Crippen LogP contribution in [0.25, 0.3) is 0 Å². The lowest BCUT2D eigenvalue weighted by atomic mass is 10.1. The highest BCUT2D eigenvalue weighted by molar-refractivity contribution is 7.92. The maximum Gasteiger partial charge on any atom is 0.441 e. The van der Waals surface area contributed by atoms with Gasteiger partial charge in [0.15, 0.2) is 0 Å². The number of rotatable bonds is 9. The van der Waals surface area contributed by atoms with E-state index in [0.717, 1.165) is 24.3 Å². The van der Waals surface area contributed by atoms with E-state index in [9.17, 15) is 31.2 Å². The van der Waals surface area contributed by atoms with Gasteiger partial charge in [-0.15, -0.1) is 0 Å². The highest BCUT2D eigenvalue weighted by Gasteiger charge is 2.63. The number of aromatic nitrogens is 1. The minimum absolute atomic E-state index is 0.110. The predicted octanol–water partition coefficient (Wildman–Crippen LogP) is 3.76. The predicted molar refractivity (Wildman–Crippen MR) is 126 cm³/mol.